The number of aliphatic hydroxyl groups excluding tert-OH is 1. The van der Waals surface area contributed by atoms with Crippen molar-refractivity contribution in [1.29, 1.82) is 0 Å². The molecule has 20 heavy (non-hydrogen) atoms. The van der Waals surface area contributed by atoms with E-state index in [0.717, 1.165) is 12.1 Å². The summed E-state index contributed by atoms with van der Waals surface area (Å²) in [6.45, 7) is 2.93. The number of hydrogen-bond donors (Lipinski definition) is 2. The van der Waals surface area contributed by atoms with Crippen LogP contribution in [0.2, 0.25) is 0 Å². The molecular formula is C15H20N2O3. The van der Waals surface area contributed by atoms with Crippen molar-refractivity contribution in [1.82, 2.24) is 4.90 Å². The summed E-state index contributed by atoms with van der Waals surface area (Å²) in [4.78, 5) is 14.4. The van der Waals surface area contributed by atoms with E-state index in [-0.39, 0.29) is 30.8 Å². The van der Waals surface area contributed by atoms with Gasteiger partial charge in [-0.25, -0.2) is 0 Å². The highest BCUT2D eigenvalue weighted by atomic mass is 16.5. The first kappa shape index (κ1) is 13.4. The van der Waals surface area contributed by atoms with Crippen molar-refractivity contribution in [2.75, 3.05) is 25.0 Å². The van der Waals surface area contributed by atoms with Gasteiger partial charge >= 0.3 is 0 Å². The summed E-state index contributed by atoms with van der Waals surface area (Å²) >= 11 is 0. The maximum atomic E-state index is 12.6. The monoisotopic (exact) mass is 276 g/mol. The number of fused-ring (bicyclic) bond motifs is 1. The first-order valence-electron chi connectivity index (χ1n) is 7.07. The Morgan fingerprint density at radius 1 is 1.45 bits per heavy atom. The maximum Gasteiger partial charge on any atom is 0.245 e. The van der Waals surface area contributed by atoms with Crippen LogP contribution in [0.3, 0.4) is 0 Å². The summed E-state index contributed by atoms with van der Waals surface area (Å²) < 4.78 is 5.58. The van der Waals surface area contributed by atoms with E-state index in [0.29, 0.717) is 13.1 Å². The number of amides is 1. The summed E-state index contributed by atoms with van der Waals surface area (Å²) in [6, 6.07) is 7.82. The smallest absolute Gasteiger partial charge is 0.245 e. The second-order valence-corrected chi connectivity index (χ2v) is 5.55. The Kier molecular flexibility index (Phi) is 3.63. The zero-order valence-corrected chi connectivity index (χ0v) is 11.6. The van der Waals surface area contributed by atoms with Crippen LogP contribution in [-0.2, 0) is 16.0 Å². The molecule has 3 atom stereocenters. The molecule has 2 aliphatic heterocycles. The van der Waals surface area contributed by atoms with Gasteiger partial charge in [-0.1, -0.05) is 18.2 Å². The molecule has 1 amide bonds. The Labute approximate surface area is 118 Å². The number of para-hydroxylation sites is 1. The third-order valence-electron chi connectivity index (χ3n) is 3.91. The van der Waals surface area contributed by atoms with E-state index >= 15 is 0 Å². The topological polar surface area (TPSA) is 61.8 Å². The van der Waals surface area contributed by atoms with Crippen LogP contribution in [-0.4, -0.2) is 53.9 Å². The number of morpholine rings is 1. The van der Waals surface area contributed by atoms with E-state index in [1.807, 2.05) is 31.2 Å². The highest BCUT2D eigenvalue weighted by Gasteiger charge is 2.34. The highest BCUT2D eigenvalue weighted by molar-refractivity contribution is 5.87. The van der Waals surface area contributed by atoms with Gasteiger partial charge in [0.15, 0.2) is 0 Å². The average molecular weight is 276 g/mol. The molecule has 108 valence electrons. The first-order valence-corrected chi connectivity index (χ1v) is 7.07. The lowest BCUT2D eigenvalue weighted by atomic mass is 10.1. The van der Waals surface area contributed by atoms with Crippen molar-refractivity contribution >= 4 is 11.6 Å². The standard InChI is InChI=1S/C15H20N2O3/c1-10-7-17(8-12(9-18)20-10)15(19)14-6-11-4-2-3-5-13(11)16-14/h2-5,10,12,14,16,18H,6-9H2,1H3. The molecule has 1 saturated heterocycles. The molecule has 0 spiro atoms. The van der Waals surface area contributed by atoms with Gasteiger partial charge in [0.25, 0.3) is 0 Å². The van der Waals surface area contributed by atoms with E-state index in [4.69, 9.17) is 4.74 Å². The van der Waals surface area contributed by atoms with Crippen molar-refractivity contribution in [2.45, 2.75) is 31.6 Å². The van der Waals surface area contributed by atoms with Crippen LogP contribution in [0.4, 0.5) is 5.69 Å². The van der Waals surface area contributed by atoms with Crippen molar-refractivity contribution in [3.05, 3.63) is 29.8 Å². The van der Waals surface area contributed by atoms with Crippen molar-refractivity contribution in [3.63, 3.8) is 0 Å². The minimum absolute atomic E-state index is 0.0337. The van der Waals surface area contributed by atoms with Crippen LogP contribution in [0.5, 0.6) is 0 Å². The van der Waals surface area contributed by atoms with Crippen LogP contribution >= 0.6 is 0 Å². The van der Waals surface area contributed by atoms with Crippen LogP contribution in [0.1, 0.15) is 12.5 Å². The lowest BCUT2D eigenvalue weighted by Crippen LogP contribution is -2.54. The largest absolute Gasteiger partial charge is 0.394 e. The Hall–Kier alpha value is -1.59. The summed E-state index contributed by atoms with van der Waals surface area (Å²) in [6.07, 6.45) is 0.421. The molecule has 5 nitrogen and oxygen atoms in total. The summed E-state index contributed by atoms with van der Waals surface area (Å²) in [5, 5.41) is 12.5. The number of hydrogen-bond acceptors (Lipinski definition) is 4. The molecule has 0 aromatic heterocycles. The fraction of sp³-hybridized carbons (Fsp3) is 0.533. The molecule has 3 rings (SSSR count). The molecule has 2 heterocycles. The van der Waals surface area contributed by atoms with Crippen molar-refractivity contribution in [2.24, 2.45) is 0 Å². The van der Waals surface area contributed by atoms with E-state index < -0.39 is 0 Å². The molecule has 2 aliphatic rings. The zero-order chi connectivity index (χ0) is 14.1. The van der Waals surface area contributed by atoms with Gasteiger partial charge in [-0.15, -0.1) is 0 Å². The lowest BCUT2D eigenvalue weighted by molar-refractivity contribution is -0.147. The Bertz CT molecular complexity index is 481. The van der Waals surface area contributed by atoms with Crippen LogP contribution < -0.4 is 5.32 Å². The van der Waals surface area contributed by atoms with Gasteiger partial charge in [0.05, 0.1) is 18.8 Å². The predicted octanol–water partition coefficient (Wildman–Crippen LogP) is 0.631. The quantitative estimate of drug-likeness (QED) is 0.832. The minimum Gasteiger partial charge on any atom is -0.394 e. The van der Waals surface area contributed by atoms with Gasteiger partial charge in [0, 0.05) is 25.2 Å². The van der Waals surface area contributed by atoms with E-state index in [1.54, 1.807) is 4.90 Å². The molecule has 1 aromatic carbocycles. The number of ether oxygens (including phenoxy) is 1. The number of benzene rings is 1. The fourth-order valence-corrected chi connectivity index (χ4v) is 2.99. The molecule has 0 aliphatic carbocycles. The first-order chi connectivity index (χ1) is 9.67. The molecule has 1 fully saturated rings. The number of aliphatic hydroxyl groups is 1. The fourth-order valence-electron chi connectivity index (χ4n) is 2.99. The molecule has 0 saturated carbocycles. The molecule has 5 heteroatoms. The highest BCUT2D eigenvalue weighted by Crippen LogP contribution is 2.26. The molecular weight excluding hydrogens is 256 g/mol. The number of carbonyl (C=O) groups is 1. The number of carbonyl (C=O) groups excluding carboxylic acids is 1. The summed E-state index contributed by atoms with van der Waals surface area (Å²) in [5.74, 6) is 0.0924. The van der Waals surface area contributed by atoms with Gasteiger partial charge in [0.1, 0.15) is 6.04 Å². The van der Waals surface area contributed by atoms with Gasteiger partial charge in [-0.3, -0.25) is 4.79 Å². The van der Waals surface area contributed by atoms with Crippen LogP contribution in [0.15, 0.2) is 24.3 Å². The van der Waals surface area contributed by atoms with Gasteiger partial charge in [-0.2, -0.15) is 0 Å². The van der Waals surface area contributed by atoms with Gasteiger partial charge < -0.3 is 20.1 Å². The van der Waals surface area contributed by atoms with Crippen molar-refractivity contribution < 1.29 is 14.6 Å². The SMILES string of the molecule is CC1CN(C(=O)C2Cc3ccccc3N2)CC(CO)O1. The molecule has 0 radical (unpaired) electrons. The van der Waals surface area contributed by atoms with E-state index in [9.17, 15) is 9.90 Å². The Morgan fingerprint density at radius 3 is 3.00 bits per heavy atom. The third-order valence-corrected chi connectivity index (χ3v) is 3.91. The van der Waals surface area contributed by atoms with Gasteiger partial charge in [0.2, 0.25) is 5.91 Å². The Morgan fingerprint density at radius 2 is 2.25 bits per heavy atom. The molecule has 1 aromatic rings. The molecule has 0 bridgehead atoms. The maximum absolute atomic E-state index is 12.6. The summed E-state index contributed by atoms with van der Waals surface area (Å²) in [7, 11) is 0. The average Bonchev–Trinajstić information content (AvgIpc) is 2.89. The number of rotatable bonds is 2. The lowest BCUT2D eigenvalue weighted by Gasteiger charge is -2.37. The van der Waals surface area contributed by atoms with E-state index in [1.165, 1.54) is 5.56 Å². The zero-order valence-electron chi connectivity index (χ0n) is 11.6. The van der Waals surface area contributed by atoms with Gasteiger partial charge in [-0.05, 0) is 18.6 Å². The second-order valence-electron chi connectivity index (χ2n) is 5.55. The predicted molar refractivity (Wildman–Crippen MR) is 75.6 cm³/mol. The number of nitrogens with zero attached hydrogens (tertiary/aromatic N) is 1. The van der Waals surface area contributed by atoms with Crippen LogP contribution in [0.25, 0.3) is 0 Å². The van der Waals surface area contributed by atoms with Crippen LogP contribution in [0, 0.1) is 0 Å². The second kappa shape index (κ2) is 5.42. The van der Waals surface area contributed by atoms with E-state index in [2.05, 4.69) is 5.32 Å². The van der Waals surface area contributed by atoms with Crippen molar-refractivity contribution in [3.8, 4) is 0 Å². The Balaban J connectivity index is 1.68. The molecule has 2 N–H and O–H groups in total. The number of nitrogens with one attached hydrogen (secondary N) is 1. The third kappa shape index (κ3) is 2.51. The minimum atomic E-state index is -0.272. The number of anilines is 1. The normalized spacial score (nSPS) is 28.9. The summed E-state index contributed by atoms with van der Waals surface area (Å²) in [5.41, 5.74) is 2.23. The molecule has 3 unspecified atom stereocenters.